The molecule has 0 fully saturated rings. The van der Waals surface area contributed by atoms with Gasteiger partial charge in [0.2, 0.25) is 5.91 Å². The van der Waals surface area contributed by atoms with Crippen LogP contribution in [0.5, 0.6) is 0 Å². The number of amides is 1. The fraction of sp³-hybridized carbons (Fsp3) is 0.417. The van der Waals surface area contributed by atoms with Crippen LogP contribution in [0.25, 0.3) is 0 Å². The molecule has 0 aliphatic carbocycles. The van der Waals surface area contributed by atoms with Crippen molar-refractivity contribution in [3.63, 3.8) is 0 Å². The van der Waals surface area contributed by atoms with Crippen molar-refractivity contribution in [3.8, 4) is 0 Å². The number of sulfone groups is 1. The van der Waals surface area contributed by atoms with Gasteiger partial charge in [0.15, 0.2) is 9.84 Å². The van der Waals surface area contributed by atoms with Gasteiger partial charge in [-0.1, -0.05) is 15.9 Å². The highest BCUT2D eigenvalue weighted by molar-refractivity contribution is 9.10. The molecule has 0 heterocycles. The second-order valence-electron chi connectivity index (χ2n) is 5.08. The molecule has 0 aliphatic rings. The Hall–Kier alpha value is -0.920. The van der Waals surface area contributed by atoms with Gasteiger partial charge in [-0.15, -0.1) is 0 Å². The minimum atomic E-state index is -3.51. The number of carbonyl (C=O) groups excluding carboxylic acids is 1. The predicted octanol–water partition coefficient (Wildman–Crippen LogP) is 1.54. The van der Waals surface area contributed by atoms with Crippen molar-refractivity contribution < 1.29 is 13.2 Å². The Morgan fingerprint density at radius 2 is 1.84 bits per heavy atom. The van der Waals surface area contributed by atoms with E-state index in [0.29, 0.717) is 5.69 Å². The van der Waals surface area contributed by atoms with E-state index >= 15 is 0 Å². The van der Waals surface area contributed by atoms with Crippen molar-refractivity contribution in [1.82, 2.24) is 0 Å². The fourth-order valence-corrected chi connectivity index (χ4v) is 3.52. The number of halogens is 1. The molecule has 5 nitrogen and oxygen atoms in total. The molecular weight excluding hydrogens is 332 g/mol. The summed E-state index contributed by atoms with van der Waals surface area (Å²) in [5.41, 5.74) is 5.35. The summed E-state index contributed by atoms with van der Waals surface area (Å²) < 4.78 is 24.4. The number of hydrogen-bond donors (Lipinski definition) is 2. The zero-order valence-electron chi connectivity index (χ0n) is 10.8. The summed E-state index contributed by atoms with van der Waals surface area (Å²) in [7, 11) is -3.51. The van der Waals surface area contributed by atoms with Gasteiger partial charge in [-0.25, -0.2) is 8.42 Å². The number of nitrogens with two attached hydrogens (primary N) is 1. The van der Waals surface area contributed by atoms with Crippen LogP contribution < -0.4 is 11.1 Å². The molecule has 0 unspecified atom stereocenters. The van der Waals surface area contributed by atoms with Crippen LogP contribution in [0.1, 0.15) is 13.8 Å². The maximum atomic E-state index is 11.8. The van der Waals surface area contributed by atoms with Gasteiger partial charge >= 0.3 is 0 Å². The van der Waals surface area contributed by atoms with Crippen LogP contribution in [0.4, 0.5) is 5.69 Å². The van der Waals surface area contributed by atoms with Crippen LogP contribution in [0.2, 0.25) is 0 Å². The number of carbonyl (C=O) groups is 1. The van der Waals surface area contributed by atoms with Crippen LogP contribution in [-0.4, -0.2) is 31.4 Å². The highest BCUT2D eigenvalue weighted by Gasteiger charge is 2.24. The number of rotatable bonds is 5. The molecule has 0 atom stereocenters. The summed E-state index contributed by atoms with van der Waals surface area (Å²) in [4.78, 5) is 11.7. The number of nitrogens with one attached hydrogen (secondary N) is 1. The second kappa shape index (κ2) is 6.02. The number of anilines is 1. The van der Waals surface area contributed by atoms with Crippen LogP contribution in [0.3, 0.4) is 0 Å². The number of benzene rings is 1. The van der Waals surface area contributed by atoms with Crippen LogP contribution >= 0.6 is 15.9 Å². The monoisotopic (exact) mass is 348 g/mol. The van der Waals surface area contributed by atoms with Gasteiger partial charge < -0.3 is 11.1 Å². The Bertz CT molecular complexity index is 547. The minimum absolute atomic E-state index is 0.228. The van der Waals surface area contributed by atoms with Gasteiger partial charge in [0.1, 0.15) is 5.75 Å². The third-order valence-corrected chi connectivity index (χ3v) is 4.49. The molecule has 3 N–H and O–H groups in total. The predicted molar refractivity (Wildman–Crippen MR) is 79.7 cm³/mol. The first-order chi connectivity index (χ1) is 8.57. The molecule has 0 aromatic heterocycles. The molecule has 7 heteroatoms. The van der Waals surface area contributed by atoms with Crippen molar-refractivity contribution >= 4 is 37.4 Å². The molecule has 0 radical (unpaired) electrons. The Labute approximate surface area is 121 Å². The van der Waals surface area contributed by atoms with Crippen molar-refractivity contribution in [2.24, 2.45) is 5.73 Å². The Balaban J connectivity index is 2.63. The zero-order valence-corrected chi connectivity index (χ0v) is 13.2. The smallest absolute Gasteiger partial charge is 0.239 e. The van der Waals surface area contributed by atoms with Gasteiger partial charge in [-0.3, -0.25) is 4.79 Å². The first-order valence-electron chi connectivity index (χ1n) is 5.62. The molecule has 0 spiro atoms. The third-order valence-electron chi connectivity index (χ3n) is 2.07. The van der Waals surface area contributed by atoms with Crippen molar-refractivity contribution in [1.29, 1.82) is 0 Å². The summed E-state index contributed by atoms with van der Waals surface area (Å²) in [6.45, 7) is 3.22. The Kier molecular flexibility index (Phi) is 5.11. The molecule has 1 aromatic rings. The minimum Gasteiger partial charge on any atom is -0.325 e. The van der Waals surface area contributed by atoms with Crippen LogP contribution in [0, 0.1) is 0 Å². The van der Waals surface area contributed by atoms with Crippen molar-refractivity contribution in [2.75, 3.05) is 16.8 Å². The first-order valence-corrected chi connectivity index (χ1v) is 8.24. The topological polar surface area (TPSA) is 89.3 Å². The van der Waals surface area contributed by atoms with E-state index in [-0.39, 0.29) is 5.75 Å². The van der Waals surface area contributed by atoms with Gasteiger partial charge in [0.05, 0.1) is 5.75 Å². The molecule has 1 rings (SSSR count). The van der Waals surface area contributed by atoms with Crippen molar-refractivity contribution in [3.05, 3.63) is 28.7 Å². The Morgan fingerprint density at radius 1 is 1.32 bits per heavy atom. The lowest BCUT2D eigenvalue weighted by Gasteiger charge is -2.17. The molecule has 0 saturated heterocycles. The summed E-state index contributed by atoms with van der Waals surface area (Å²) in [5, 5.41) is 2.53. The molecule has 0 bridgehead atoms. The summed E-state index contributed by atoms with van der Waals surface area (Å²) in [6, 6.07) is 6.88. The van der Waals surface area contributed by atoms with Gasteiger partial charge in [-0.2, -0.15) is 0 Å². The molecule has 0 saturated carbocycles. The molecule has 1 aromatic carbocycles. The normalized spacial score (nSPS) is 12.2. The lowest BCUT2D eigenvalue weighted by molar-refractivity contribution is -0.113. The van der Waals surface area contributed by atoms with E-state index in [9.17, 15) is 13.2 Å². The Morgan fingerprint density at radius 3 is 2.32 bits per heavy atom. The standard InChI is InChI=1S/C12H17BrN2O3S/c1-12(2,14)8-19(17,18)7-11(16)15-10-5-3-9(13)4-6-10/h3-6H,7-8,14H2,1-2H3,(H,15,16). The highest BCUT2D eigenvalue weighted by Crippen LogP contribution is 2.14. The first kappa shape index (κ1) is 16.1. The van der Waals surface area contributed by atoms with Crippen molar-refractivity contribution in [2.45, 2.75) is 19.4 Å². The summed E-state index contributed by atoms with van der Waals surface area (Å²) in [5.74, 6) is -1.36. The van der Waals surface area contributed by atoms with E-state index in [2.05, 4.69) is 21.2 Å². The maximum absolute atomic E-state index is 11.8. The van der Waals surface area contributed by atoms with E-state index in [0.717, 1.165) is 4.47 Å². The summed E-state index contributed by atoms with van der Waals surface area (Å²) >= 11 is 3.27. The maximum Gasteiger partial charge on any atom is 0.239 e. The average Bonchev–Trinajstić information content (AvgIpc) is 2.16. The third kappa shape index (κ3) is 6.70. The van der Waals surface area contributed by atoms with Gasteiger partial charge in [0.25, 0.3) is 0 Å². The van der Waals surface area contributed by atoms with Gasteiger partial charge in [-0.05, 0) is 38.1 Å². The second-order valence-corrected chi connectivity index (χ2v) is 8.06. The largest absolute Gasteiger partial charge is 0.325 e. The fourth-order valence-electron chi connectivity index (χ4n) is 1.55. The lowest BCUT2D eigenvalue weighted by Crippen LogP contribution is -2.42. The average molecular weight is 349 g/mol. The van der Waals surface area contributed by atoms with Gasteiger partial charge in [0, 0.05) is 15.7 Å². The van der Waals surface area contributed by atoms with E-state index in [1.165, 1.54) is 0 Å². The molecular formula is C12H17BrN2O3S. The number of hydrogen-bond acceptors (Lipinski definition) is 4. The van der Waals surface area contributed by atoms with Crippen LogP contribution in [-0.2, 0) is 14.6 Å². The van der Waals surface area contributed by atoms with Crippen LogP contribution in [0.15, 0.2) is 28.7 Å². The van der Waals surface area contributed by atoms with E-state index < -0.39 is 27.0 Å². The summed E-state index contributed by atoms with van der Waals surface area (Å²) in [6.07, 6.45) is 0. The molecule has 0 aliphatic heterocycles. The highest BCUT2D eigenvalue weighted by atomic mass is 79.9. The lowest BCUT2D eigenvalue weighted by atomic mass is 10.1. The van der Waals surface area contributed by atoms with E-state index in [1.807, 2.05) is 0 Å². The quantitative estimate of drug-likeness (QED) is 0.844. The molecule has 19 heavy (non-hydrogen) atoms. The zero-order chi connectivity index (χ0) is 14.7. The van der Waals surface area contributed by atoms with E-state index in [4.69, 9.17) is 5.73 Å². The SMILES string of the molecule is CC(C)(N)CS(=O)(=O)CC(=O)Nc1ccc(Br)cc1. The molecule has 106 valence electrons. The molecule has 1 amide bonds. The van der Waals surface area contributed by atoms with E-state index in [1.54, 1.807) is 38.1 Å².